The monoisotopic (exact) mass is 428 g/mol. The Kier molecular flexibility index (Phi) is 6.38. The molecule has 0 bridgehead atoms. The van der Waals surface area contributed by atoms with E-state index in [2.05, 4.69) is 20.9 Å². The zero-order chi connectivity index (χ0) is 22.7. The first-order valence-electron chi connectivity index (χ1n) is 11.1. The van der Waals surface area contributed by atoms with Crippen LogP contribution in [-0.2, 0) is 11.3 Å². The van der Waals surface area contributed by atoms with Crippen LogP contribution in [0, 0.1) is 18.3 Å². The number of hydrogen-bond donors (Lipinski definition) is 1. The van der Waals surface area contributed by atoms with Gasteiger partial charge in [-0.15, -0.1) is 0 Å². The average molecular weight is 429 g/mol. The summed E-state index contributed by atoms with van der Waals surface area (Å²) >= 11 is 0. The Balaban J connectivity index is 1.80. The molecule has 0 spiro atoms. The van der Waals surface area contributed by atoms with E-state index in [1.54, 1.807) is 12.1 Å². The van der Waals surface area contributed by atoms with E-state index in [0.717, 1.165) is 59.3 Å². The lowest BCUT2D eigenvalue weighted by Gasteiger charge is -2.25. The van der Waals surface area contributed by atoms with Crippen molar-refractivity contribution in [1.82, 2.24) is 14.8 Å². The Morgan fingerprint density at radius 2 is 1.78 bits per heavy atom. The third kappa shape index (κ3) is 4.44. The van der Waals surface area contributed by atoms with Crippen LogP contribution in [0.25, 0.3) is 16.6 Å². The van der Waals surface area contributed by atoms with Crippen molar-refractivity contribution in [1.29, 1.82) is 5.26 Å². The molecule has 0 atom stereocenters. The lowest BCUT2D eigenvalue weighted by atomic mass is 10.0. The SMILES string of the molecule is CC(=O)NCc1ccc2c(c1)c(C(=O)CN1CCCCC1)c(C)n2-c1ccc(C#N)cc1. The van der Waals surface area contributed by atoms with Gasteiger partial charge in [-0.25, -0.2) is 0 Å². The normalized spacial score (nSPS) is 14.3. The van der Waals surface area contributed by atoms with Crippen molar-refractivity contribution >= 4 is 22.6 Å². The number of likely N-dealkylation sites (tertiary alicyclic amines) is 1. The molecule has 1 N–H and O–H groups in total. The van der Waals surface area contributed by atoms with E-state index in [0.29, 0.717) is 18.7 Å². The highest BCUT2D eigenvalue weighted by Crippen LogP contribution is 2.31. The number of nitrogens with zero attached hydrogens (tertiary/aromatic N) is 3. The fraction of sp³-hybridized carbons (Fsp3) is 0.346. The number of hydrogen-bond acceptors (Lipinski definition) is 4. The Labute approximate surface area is 188 Å². The lowest BCUT2D eigenvalue weighted by Crippen LogP contribution is -2.34. The molecular formula is C26H28N4O2. The summed E-state index contributed by atoms with van der Waals surface area (Å²) in [4.78, 5) is 27.1. The quantitative estimate of drug-likeness (QED) is 0.599. The van der Waals surface area contributed by atoms with E-state index in [-0.39, 0.29) is 11.7 Å². The van der Waals surface area contributed by atoms with Crippen molar-refractivity contribution in [3.05, 3.63) is 64.8 Å². The van der Waals surface area contributed by atoms with Crippen LogP contribution in [0.3, 0.4) is 0 Å². The first kappa shape index (κ1) is 21.8. The number of piperidine rings is 1. The molecule has 4 rings (SSSR count). The van der Waals surface area contributed by atoms with Crippen molar-refractivity contribution in [3.63, 3.8) is 0 Å². The molecule has 1 aliphatic heterocycles. The number of nitriles is 1. The highest BCUT2D eigenvalue weighted by molar-refractivity contribution is 6.11. The molecule has 164 valence electrons. The number of carbonyl (C=O) groups excluding carboxylic acids is 2. The van der Waals surface area contributed by atoms with Crippen LogP contribution in [0.5, 0.6) is 0 Å². The van der Waals surface area contributed by atoms with Gasteiger partial charge in [0.15, 0.2) is 5.78 Å². The summed E-state index contributed by atoms with van der Waals surface area (Å²) in [5.74, 6) is 0.0382. The van der Waals surface area contributed by atoms with E-state index in [1.165, 1.54) is 13.3 Å². The predicted octanol–water partition coefficient (Wildman–Crippen LogP) is 4.12. The molecule has 6 heteroatoms. The van der Waals surface area contributed by atoms with Crippen LogP contribution in [0.2, 0.25) is 0 Å². The van der Waals surface area contributed by atoms with Gasteiger partial charge >= 0.3 is 0 Å². The van der Waals surface area contributed by atoms with Gasteiger partial charge in [-0.3, -0.25) is 14.5 Å². The number of benzene rings is 2. The lowest BCUT2D eigenvalue weighted by molar-refractivity contribution is -0.119. The van der Waals surface area contributed by atoms with Crippen LogP contribution in [0.4, 0.5) is 0 Å². The van der Waals surface area contributed by atoms with Crippen LogP contribution in [-0.4, -0.2) is 40.8 Å². The number of carbonyl (C=O) groups is 2. The number of rotatable bonds is 6. The second-order valence-corrected chi connectivity index (χ2v) is 8.48. The molecule has 1 fully saturated rings. The summed E-state index contributed by atoms with van der Waals surface area (Å²) in [6, 6.07) is 15.6. The largest absolute Gasteiger partial charge is 0.352 e. The maximum atomic E-state index is 13.5. The van der Waals surface area contributed by atoms with Crippen molar-refractivity contribution < 1.29 is 9.59 Å². The van der Waals surface area contributed by atoms with Crippen molar-refractivity contribution in [2.75, 3.05) is 19.6 Å². The van der Waals surface area contributed by atoms with Crippen molar-refractivity contribution in [3.8, 4) is 11.8 Å². The molecule has 0 aliphatic carbocycles. The van der Waals surface area contributed by atoms with E-state index in [9.17, 15) is 9.59 Å². The molecule has 32 heavy (non-hydrogen) atoms. The van der Waals surface area contributed by atoms with Gasteiger partial charge in [0.1, 0.15) is 0 Å². The van der Waals surface area contributed by atoms with Gasteiger partial charge in [0.2, 0.25) is 5.91 Å². The van der Waals surface area contributed by atoms with E-state index >= 15 is 0 Å². The molecule has 1 aliphatic rings. The molecule has 3 aromatic rings. The Morgan fingerprint density at radius 1 is 1.06 bits per heavy atom. The number of Topliss-reactive ketones (excluding diaryl/α,β-unsaturated/α-hetero) is 1. The zero-order valence-electron chi connectivity index (χ0n) is 18.6. The molecule has 1 amide bonds. The predicted molar refractivity (Wildman–Crippen MR) is 125 cm³/mol. The molecular weight excluding hydrogens is 400 g/mol. The number of fused-ring (bicyclic) bond motifs is 1. The highest BCUT2D eigenvalue weighted by atomic mass is 16.1. The zero-order valence-corrected chi connectivity index (χ0v) is 18.6. The maximum Gasteiger partial charge on any atom is 0.217 e. The van der Waals surface area contributed by atoms with Gasteiger partial charge in [-0.05, 0) is 74.8 Å². The van der Waals surface area contributed by atoms with Crippen LogP contribution < -0.4 is 5.32 Å². The minimum atomic E-state index is -0.0853. The standard InChI is InChI=1S/C26H28N4O2/c1-18-26(25(32)17-29-12-4-3-5-13-29)23-14-21(16-28-19(2)31)8-11-24(23)30(18)22-9-6-20(15-27)7-10-22/h6-11,14H,3-5,12-13,16-17H2,1-2H3,(H,28,31). The van der Waals surface area contributed by atoms with E-state index in [4.69, 9.17) is 5.26 Å². The number of aromatic nitrogens is 1. The van der Waals surface area contributed by atoms with Crippen LogP contribution in [0.15, 0.2) is 42.5 Å². The summed E-state index contributed by atoms with van der Waals surface area (Å²) < 4.78 is 2.09. The maximum absolute atomic E-state index is 13.5. The Hall–Kier alpha value is -3.43. The number of amides is 1. The summed E-state index contributed by atoms with van der Waals surface area (Å²) in [5, 5.41) is 12.9. The second-order valence-electron chi connectivity index (χ2n) is 8.48. The molecule has 6 nitrogen and oxygen atoms in total. The molecule has 2 aromatic carbocycles. The highest BCUT2D eigenvalue weighted by Gasteiger charge is 2.23. The molecule has 1 aromatic heterocycles. The number of ketones is 1. The molecule has 0 radical (unpaired) electrons. The van der Waals surface area contributed by atoms with Crippen LogP contribution in [0.1, 0.15) is 53.4 Å². The summed E-state index contributed by atoms with van der Waals surface area (Å²) in [6.07, 6.45) is 3.51. The van der Waals surface area contributed by atoms with Crippen LogP contribution >= 0.6 is 0 Å². The fourth-order valence-electron chi connectivity index (χ4n) is 4.57. The van der Waals surface area contributed by atoms with Gasteiger partial charge in [0, 0.05) is 35.8 Å². The first-order valence-corrected chi connectivity index (χ1v) is 11.1. The van der Waals surface area contributed by atoms with E-state index < -0.39 is 0 Å². The first-order chi connectivity index (χ1) is 15.5. The van der Waals surface area contributed by atoms with Crippen molar-refractivity contribution in [2.24, 2.45) is 0 Å². The molecule has 0 unspecified atom stereocenters. The minimum absolute atomic E-state index is 0.0853. The van der Waals surface area contributed by atoms with Crippen molar-refractivity contribution in [2.45, 2.75) is 39.7 Å². The third-order valence-corrected chi connectivity index (χ3v) is 6.16. The Bertz CT molecular complexity index is 1200. The summed E-state index contributed by atoms with van der Waals surface area (Å²) in [6.45, 7) is 6.25. The minimum Gasteiger partial charge on any atom is -0.352 e. The van der Waals surface area contributed by atoms with Gasteiger partial charge in [0.05, 0.1) is 23.7 Å². The molecule has 0 saturated carbocycles. The van der Waals surface area contributed by atoms with Gasteiger partial charge in [0.25, 0.3) is 0 Å². The summed E-state index contributed by atoms with van der Waals surface area (Å²) in [7, 11) is 0. The second kappa shape index (κ2) is 9.37. The molecule has 1 saturated heterocycles. The smallest absolute Gasteiger partial charge is 0.217 e. The topological polar surface area (TPSA) is 78.1 Å². The van der Waals surface area contributed by atoms with Gasteiger partial charge < -0.3 is 9.88 Å². The Morgan fingerprint density at radius 3 is 2.44 bits per heavy atom. The van der Waals surface area contributed by atoms with Gasteiger partial charge in [-0.2, -0.15) is 5.26 Å². The molecule has 2 heterocycles. The average Bonchev–Trinajstić information content (AvgIpc) is 3.09. The third-order valence-electron chi connectivity index (χ3n) is 6.16. The van der Waals surface area contributed by atoms with Gasteiger partial charge in [-0.1, -0.05) is 12.5 Å². The fourth-order valence-corrected chi connectivity index (χ4v) is 4.57. The summed E-state index contributed by atoms with van der Waals surface area (Å²) in [5.41, 5.74) is 5.04. The number of nitrogens with one attached hydrogen (secondary N) is 1. The van der Waals surface area contributed by atoms with E-state index in [1.807, 2.05) is 37.3 Å².